The number of hydrogen-bond acceptors (Lipinski definition) is 4. The molecule has 0 radical (unpaired) electrons. The van der Waals surface area contributed by atoms with Crippen molar-refractivity contribution in [3.8, 4) is 12.1 Å². The molecule has 0 fully saturated rings. The van der Waals surface area contributed by atoms with Crippen LogP contribution in [0.1, 0.15) is 0 Å². The van der Waals surface area contributed by atoms with Crippen molar-refractivity contribution in [3.05, 3.63) is 4.91 Å². The van der Waals surface area contributed by atoms with Crippen LogP contribution in [0.2, 0.25) is 0 Å². The Morgan fingerprint density at radius 3 is 1.57 bits per heavy atom. The number of hydrogen-bond donors (Lipinski definition) is 1. The lowest BCUT2D eigenvalue weighted by Gasteiger charge is -1.32. The molecule has 7 heavy (non-hydrogen) atoms. The summed E-state index contributed by atoms with van der Waals surface area (Å²) in [5.41, 5.74) is 0. The molecule has 0 rings (SSSR count). The average Bonchev–Trinajstić information content (AvgIpc) is 1.69. The molecule has 0 aliphatic carbocycles. The third-order valence-electron chi connectivity index (χ3n) is 0.0500. The number of nitriles is 2. The molecular formula is C2HN3O2. The molecule has 0 aliphatic rings. The van der Waals surface area contributed by atoms with E-state index in [4.69, 9.17) is 20.6 Å². The summed E-state index contributed by atoms with van der Waals surface area (Å²) in [6, 6.07) is 2.47. The first-order valence-electron chi connectivity index (χ1n) is 1.08. The fourth-order valence-electron chi connectivity index (χ4n) is 0. The molecule has 0 aliphatic heterocycles. The second-order valence-electron chi connectivity index (χ2n) is 0.305. The van der Waals surface area contributed by atoms with Crippen molar-refractivity contribution in [3.63, 3.8) is 0 Å². The molecule has 0 aromatic carbocycles. The van der Waals surface area contributed by atoms with Gasteiger partial charge in [0, 0.05) is 0 Å². The molecule has 0 saturated heterocycles. The van der Waals surface area contributed by atoms with Gasteiger partial charge in [0.15, 0.2) is 17.5 Å². The number of nitrogens with zero attached hydrogens (tertiary/aromatic N) is 3. The normalized spacial score (nSPS) is 3.14. The van der Waals surface area contributed by atoms with E-state index in [2.05, 4.69) is 0 Å². The maximum Gasteiger partial charge on any atom is 0.181 e. The van der Waals surface area contributed by atoms with E-state index in [1.807, 2.05) is 0 Å². The quantitative estimate of drug-likeness (QED) is 0.345. The molecule has 1 N–H and O–H groups in total. The Kier molecular flexibility index (Phi) is 33.9. The summed E-state index contributed by atoms with van der Waals surface area (Å²) in [7, 11) is 0. The second-order valence-corrected chi connectivity index (χ2v) is 0.305. The van der Waals surface area contributed by atoms with Crippen LogP contribution in [-0.2, 0) is 0 Å². The van der Waals surface area contributed by atoms with Gasteiger partial charge in [-0.2, -0.15) is 10.5 Å². The molecule has 0 aromatic rings. The van der Waals surface area contributed by atoms with Crippen LogP contribution in [0.4, 0.5) is 0 Å². The minimum absolute atomic E-state index is 1.24. The third-order valence-corrected chi connectivity index (χ3v) is 0.0500. The summed E-state index contributed by atoms with van der Waals surface area (Å²) < 4.78 is 0. The lowest BCUT2D eigenvalue weighted by molar-refractivity contribution is 0.312. The Morgan fingerprint density at radius 1 is 1.43 bits per heavy atom. The summed E-state index contributed by atoms with van der Waals surface area (Å²) in [6.45, 7) is 0. The van der Waals surface area contributed by atoms with Gasteiger partial charge in [-0.05, 0) is 0 Å². The van der Waals surface area contributed by atoms with Crippen LogP contribution in [0.15, 0.2) is 5.34 Å². The van der Waals surface area contributed by atoms with Crippen LogP contribution in [-0.4, -0.2) is 5.21 Å². The zero-order valence-corrected chi connectivity index (χ0v) is 3.20. The van der Waals surface area contributed by atoms with Gasteiger partial charge >= 0.3 is 0 Å². The van der Waals surface area contributed by atoms with E-state index in [9.17, 15) is 0 Å². The zero-order valence-electron chi connectivity index (χ0n) is 3.20. The van der Waals surface area contributed by atoms with E-state index in [0.717, 1.165) is 0 Å². The highest BCUT2D eigenvalue weighted by Gasteiger charge is 1.39. The van der Waals surface area contributed by atoms with Crippen LogP contribution < -0.4 is 0 Å². The SMILES string of the molecule is N#CC#N.O=NO. The van der Waals surface area contributed by atoms with Crippen molar-refractivity contribution in [1.29, 1.82) is 10.5 Å². The molecule has 0 spiro atoms. The fourth-order valence-corrected chi connectivity index (χ4v) is 0. The van der Waals surface area contributed by atoms with Gasteiger partial charge in [0.25, 0.3) is 0 Å². The van der Waals surface area contributed by atoms with Gasteiger partial charge in [-0.25, -0.2) is 0 Å². The monoisotopic (exact) mass is 99.0 g/mol. The Bertz CT molecular complexity index is 95.1. The van der Waals surface area contributed by atoms with Gasteiger partial charge in [-0.3, -0.25) is 0 Å². The number of rotatable bonds is 0. The van der Waals surface area contributed by atoms with E-state index >= 15 is 0 Å². The van der Waals surface area contributed by atoms with E-state index in [1.54, 1.807) is 0 Å². The lowest BCUT2D eigenvalue weighted by atomic mass is 10.9. The van der Waals surface area contributed by atoms with Gasteiger partial charge in [0.05, 0.1) is 0 Å². The van der Waals surface area contributed by atoms with Crippen LogP contribution in [0.25, 0.3) is 0 Å². The molecule has 0 amide bonds. The van der Waals surface area contributed by atoms with Gasteiger partial charge in [0.1, 0.15) is 0 Å². The standard InChI is InChI=1S/C2N2.HNO2/c3-1-2-4;2-1-3/h;(H,2,3). The highest BCUT2D eigenvalue weighted by Crippen LogP contribution is 1.27. The predicted molar refractivity (Wildman–Crippen MR) is 18.8 cm³/mol. The average molecular weight is 99.0 g/mol. The third kappa shape index (κ3) is 64.5. The summed E-state index contributed by atoms with van der Waals surface area (Å²) >= 11 is 0. The van der Waals surface area contributed by atoms with E-state index < -0.39 is 0 Å². The summed E-state index contributed by atoms with van der Waals surface area (Å²) in [5, 5.41) is 22.4. The van der Waals surface area contributed by atoms with Crippen molar-refractivity contribution >= 4 is 0 Å². The Balaban J connectivity index is 0. The minimum Gasteiger partial charge on any atom is -0.379 e. The van der Waals surface area contributed by atoms with Crippen LogP contribution in [0, 0.1) is 27.6 Å². The predicted octanol–water partition coefficient (Wildman–Crippen LogP) is 0.176. The molecule has 0 bridgehead atoms. The maximum absolute atomic E-state index is 8.11. The molecule has 0 heterocycles. The lowest BCUT2D eigenvalue weighted by Crippen LogP contribution is -1.26. The van der Waals surface area contributed by atoms with Gasteiger partial charge in [-0.1, -0.05) is 0 Å². The molecular weight excluding hydrogens is 98.0 g/mol. The van der Waals surface area contributed by atoms with Crippen LogP contribution in [0.3, 0.4) is 0 Å². The van der Waals surface area contributed by atoms with Crippen molar-refractivity contribution in [2.24, 2.45) is 5.34 Å². The first kappa shape index (κ1) is 9.03. The molecule has 5 heteroatoms. The van der Waals surface area contributed by atoms with Gasteiger partial charge in [0.2, 0.25) is 0 Å². The first-order valence-corrected chi connectivity index (χ1v) is 1.08. The fraction of sp³-hybridized carbons (Fsp3) is 0. The van der Waals surface area contributed by atoms with Crippen molar-refractivity contribution in [2.45, 2.75) is 0 Å². The van der Waals surface area contributed by atoms with Crippen LogP contribution >= 0.6 is 0 Å². The van der Waals surface area contributed by atoms with E-state index in [1.165, 1.54) is 17.5 Å². The smallest absolute Gasteiger partial charge is 0.181 e. The molecule has 0 unspecified atom stereocenters. The van der Waals surface area contributed by atoms with Crippen molar-refractivity contribution in [2.75, 3.05) is 0 Å². The minimum atomic E-state index is 1.24. The summed E-state index contributed by atoms with van der Waals surface area (Å²) in [6.07, 6.45) is 0. The molecule has 5 nitrogen and oxygen atoms in total. The van der Waals surface area contributed by atoms with E-state index in [-0.39, 0.29) is 0 Å². The summed E-state index contributed by atoms with van der Waals surface area (Å²) in [4.78, 5) is 8.11. The molecule has 36 valence electrons. The molecule has 0 saturated carbocycles. The van der Waals surface area contributed by atoms with Gasteiger partial charge < -0.3 is 5.21 Å². The Morgan fingerprint density at radius 2 is 1.57 bits per heavy atom. The largest absolute Gasteiger partial charge is 0.379 e. The zero-order chi connectivity index (χ0) is 6.12. The molecule has 0 aromatic heterocycles. The first-order chi connectivity index (χ1) is 3.33. The highest BCUT2D eigenvalue weighted by molar-refractivity contribution is 4.99. The maximum atomic E-state index is 8.11. The van der Waals surface area contributed by atoms with Crippen LogP contribution in [0.5, 0.6) is 0 Å². The highest BCUT2D eigenvalue weighted by atomic mass is 16.6. The van der Waals surface area contributed by atoms with E-state index in [0.29, 0.717) is 0 Å². The Hall–Kier alpha value is -1.62. The van der Waals surface area contributed by atoms with Crippen molar-refractivity contribution < 1.29 is 5.21 Å². The molecule has 0 atom stereocenters. The van der Waals surface area contributed by atoms with Crippen molar-refractivity contribution in [1.82, 2.24) is 0 Å². The summed E-state index contributed by atoms with van der Waals surface area (Å²) in [5.74, 6) is 0. The Labute approximate surface area is 39.3 Å². The van der Waals surface area contributed by atoms with Gasteiger partial charge in [-0.15, -0.1) is 4.91 Å². The topological polar surface area (TPSA) is 97.2 Å². The second kappa shape index (κ2) is 26.3.